The molecule has 1 saturated heterocycles. The first kappa shape index (κ1) is 21.9. The van der Waals surface area contributed by atoms with Crippen molar-refractivity contribution >= 4 is 11.8 Å². The molecule has 5 rings (SSSR count). The number of hydrogen-bond donors (Lipinski definition) is 0. The molecule has 1 spiro atoms. The van der Waals surface area contributed by atoms with Gasteiger partial charge in [0.25, 0.3) is 0 Å². The van der Waals surface area contributed by atoms with Crippen molar-refractivity contribution in [3.63, 3.8) is 0 Å². The first-order chi connectivity index (χ1) is 14.7. The Balaban J connectivity index is 1.31. The van der Waals surface area contributed by atoms with Gasteiger partial charge in [-0.1, -0.05) is 26.7 Å². The van der Waals surface area contributed by atoms with Crippen LogP contribution in [0.25, 0.3) is 0 Å². The van der Waals surface area contributed by atoms with E-state index in [4.69, 9.17) is 4.74 Å². The summed E-state index contributed by atoms with van der Waals surface area (Å²) in [7, 11) is 0. The minimum atomic E-state index is -0.361. The number of nitrogens with zero attached hydrogens (tertiary/aromatic N) is 1. The van der Waals surface area contributed by atoms with Gasteiger partial charge in [-0.15, -0.1) is 0 Å². The topological polar surface area (TPSA) is 46.6 Å². The van der Waals surface area contributed by atoms with Crippen molar-refractivity contribution in [2.75, 3.05) is 26.2 Å². The highest BCUT2D eigenvalue weighted by Gasteiger charge is 2.68. The zero-order valence-corrected chi connectivity index (χ0v) is 20.1. The van der Waals surface area contributed by atoms with Crippen molar-refractivity contribution in [3.8, 4) is 0 Å². The van der Waals surface area contributed by atoms with Crippen LogP contribution in [0.2, 0.25) is 0 Å². The Morgan fingerprint density at radius 1 is 0.968 bits per heavy atom. The normalized spacial score (nSPS) is 47.5. The monoisotopic (exact) mass is 429 g/mol. The summed E-state index contributed by atoms with van der Waals surface area (Å²) in [5, 5.41) is 0. The quantitative estimate of drug-likeness (QED) is 0.562. The average Bonchev–Trinajstić information content (AvgIpc) is 2.92. The molecule has 1 aliphatic heterocycles. The minimum absolute atomic E-state index is 0.0551. The van der Waals surface area contributed by atoms with Crippen molar-refractivity contribution in [1.82, 2.24) is 4.90 Å². The zero-order valence-electron chi connectivity index (χ0n) is 20.1. The standard InChI is InChI=1S/C27H43NO3/c1-24-12-8-21-25(2)10-7-11-26(3,20(25)9-13-27(21,19-24)18-22(24)29)23(30)31-17-16-28-14-5-4-6-15-28/h20-21H,4-19H2,1-3H3/t20-,21-,24-,25+,26+,27-/m0/s1. The highest BCUT2D eigenvalue weighted by Crippen LogP contribution is 2.73. The first-order valence-electron chi connectivity index (χ1n) is 13.1. The summed E-state index contributed by atoms with van der Waals surface area (Å²) in [6, 6.07) is 0. The second-order valence-electron chi connectivity index (χ2n) is 12.7. The molecule has 2 bridgehead atoms. The van der Waals surface area contributed by atoms with Crippen LogP contribution in [-0.2, 0) is 14.3 Å². The molecular weight excluding hydrogens is 386 g/mol. The Morgan fingerprint density at radius 2 is 1.71 bits per heavy atom. The molecule has 5 fully saturated rings. The van der Waals surface area contributed by atoms with E-state index in [2.05, 4.69) is 25.7 Å². The lowest BCUT2D eigenvalue weighted by Crippen LogP contribution is -2.58. The number of carbonyl (C=O) groups excluding carboxylic acids is 2. The van der Waals surface area contributed by atoms with Gasteiger partial charge in [0.15, 0.2) is 0 Å². The van der Waals surface area contributed by atoms with Gasteiger partial charge in [0.2, 0.25) is 0 Å². The van der Waals surface area contributed by atoms with Crippen LogP contribution in [-0.4, -0.2) is 42.9 Å². The van der Waals surface area contributed by atoms with Crippen molar-refractivity contribution < 1.29 is 14.3 Å². The zero-order chi connectivity index (χ0) is 21.9. The molecule has 4 nitrogen and oxygen atoms in total. The highest BCUT2D eigenvalue weighted by molar-refractivity contribution is 5.88. The van der Waals surface area contributed by atoms with Crippen molar-refractivity contribution in [3.05, 3.63) is 0 Å². The van der Waals surface area contributed by atoms with Crippen LogP contribution < -0.4 is 0 Å². The maximum absolute atomic E-state index is 13.5. The molecule has 6 atom stereocenters. The second-order valence-corrected chi connectivity index (χ2v) is 12.7. The van der Waals surface area contributed by atoms with E-state index in [-0.39, 0.29) is 27.6 Å². The molecule has 0 aromatic rings. The fourth-order valence-corrected chi connectivity index (χ4v) is 9.36. The van der Waals surface area contributed by atoms with E-state index < -0.39 is 0 Å². The molecule has 0 N–H and O–H groups in total. The largest absolute Gasteiger partial charge is 0.464 e. The SMILES string of the molecule is C[C@@]12CC[C@@H]3[C@@](CC[C@H]4[C@@]3(C)CCC[C@@]4(C)C(=O)OCCN3CCCCC3)(CC1=O)C2. The van der Waals surface area contributed by atoms with Crippen molar-refractivity contribution in [2.45, 2.75) is 97.8 Å². The first-order valence-corrected chi connectivity index (χ1v) is 13.1. The van der Waals surface area contributed by atoms with Gasteiger partial charge in [-0.05, 0) is 100 Å². The summed E-state index contributed by atoms with van der Waals surface area (Å²) >= 11 is 0. The number of ether oxygens (including phenoxy) is 1. The number of likely N-dealkylation sites (tertiary alicyclic amines) is 1. The number of esters is 1. The number of carbonyl (C=O) groups is 2. The maximum atomic E-state index is 13.5. The molecule has 1 heterocycles. The van der Waals surface area contributed by atoms with Gasteiger partial charge in [0, 0.05) is 18.4 Å². The lowest BCUT2D eigenvalue weighted by molar-refractivity contribution is -0.188. The molecule has 174 valence electrons. The lowest BCUT2D eigenvalue weighted by Gasteiger charge is -2.63. The van der Waals surface area contributed by atoms with Gasteiger partial charge in [-0.2, -0.15) is 0 Å². The van der Waals surface area contributed by atoms with Crippen LogP contribution in [0.1, 0.15) is 97.8 Å². The summed E-state index contributed by atoms with van der Waals surface area (Å²) in [6.07, 6.45) is 13.5. The van der Waals surface area contributed by atoms with E-state index >= 15 is 0 Å². The van der Waals surface area contributed by atoms with Crippen molar-refractivity contribution in [1.29, 1.82) is 0 Å². The fourth-order valence-electron chi connectivity index (χ4n) is 9.36. The molecule has 0 aromatic heterocycles. The molecule has 4 aliphatic carbocycles. The number of piperidine rings is 1. The summed E-state index contributed by atoms with van der Waals surface area (Å²) in [5.74, 6) is 1.57. The van der Waals surface area contributed by atoms with Gasteiger partial charge >= 0.3 is 5.97 Å². The summed E-state index contributed by atoms with van der Waals surface area (Å²) in [4.78, 5) is 28.8. The number of fused-ring (bicyclic) bond motifs is 3. The van der Waals surface area contributed by atoms with Crippen LogP contribution in [0.3, 0.4) is 0 Å². The molecule has 31 heavy (non-hydrogen) atoms. The van der Waals surface area contributed by atoms with Gasteiger partial charge in [0.05, 0.1) is 5.41 Å². The van der Waals surface area contributed by atoms with Crippen LogP contribution in [0.5, 0.6) is 0 Å². The maximum Gasteiger partial charge on any atom is 0.312 e. The predicted octanol–water partition coefficient (Wildman–Crippen LogP) is 5.39. The summed E-state index contributed by atoms with van der Waals surface area (Å²) in [5.41, 5.74) is -0.0419. The number of hydrogen-bond acceptors (Lipinski definition) is 4. The number of rotatable bonds is 4. The smallest absolute Gasteiger partial charge is 0.312 e. The van der Waals surface area contributed by atoms with Crippen LogP contribution in [0, 0.1) is 33.5 Å². The Bertz CT molecular complexity index is 745. The van der Waals surface area contributed by atoms with Gasteiger partial charge in [-0.3, -0.25) is 14.5 Å². The third-order valence-electron chi connectivity index (χ3n) is 10.9. The highest BCUT2D eigenvalue weighted by atomic mass is 16.5. The Kier molecular flexibility index (Phi) is 5.35. The third-order valence-corrected chi connectivity index (χ3v) is 10.9. The van der Waals surface area contributed by atoms with Crippen molar-refractivity contribution in [2.24, 2.45) is 33.5 Å². The minimum Gasteiger partial charge on any atom is -0.464 e. The molecular formula is C27H43NO3. The summed E-state index contributed by atoms with van der Waals surface area (Å²) < 4.78 is 5.98. The third kappa shape index (κ3) is 3.33. The summed E-state index contributed by atoms with van der Waals surface area (Å²) in [6.45, 7) is 10.6. The van der Waals surface area contributed by atoms with E-state index in [1.165, 1.54) is 32.1 Å². The molecule has 0 unspecified atom stereocenters. The Hall–Kier alpha value is -0.900. The molecule has 4 saturated carbocycles. The molecule has 0 radical (unpaired) electrons. The number of Topliss-reactive ketones (excluding diaryl/α,β-unsaturated/α-hetero) is 1. The Morgan fingerprint density at radius 3 is 2.48 bits per heavy atom. The van der Waals surface area contributed by atoms with Crippen LogP contribution >= 0.6 is 0 Å². The van der Waals surface area contributed by atoms with E-state index in [0.29, 0.717) is 24.2 Å². The molecule has 4 heteroatoms. The second kappa shape index (κ2) is 7.57. The predicted molar refractivity (Wildman–Crippen MR) is 122 cm³/mol. The van der Waals surface area contributed by atoms with E-state index in [1.807, 2.05) is 0 Å². The number of ketones is 1. The van der Waals surface area contributed by atoms with Gasteiger partial charge in [0.1, 0.15) is 12.4 Å². The van der Waals surface area contributed by atoms with Crippen LogP contribution in [0.4, 0.5) is 0 Å². The van der Waals surface area contributed by atoms with Crippen LogP contribution in [0.15, 0.2) is 0 Å². The average molecular weight is 430 g/mol. The van der Waals surface area contributed by atoms with E-state index in [1.54, 1.807) is 0 Å². The molecule has 0 aromatic carbocycles. The van der Waals surface area contributed by atoms with E-state index in [0.717, 1.165) is 64.6 Å². The molecule has 0 amide bonds. The fraction of sp³-hybridized carbons (Fsp3) is 0.926. The molecule has 5 aliphatic rings. The van der Waals surface area contributed by atoms with Gasteiger partial charge < -0.3 is 4.74 Å². The van der Waals surface area contributed by atoms with E-state index in [9.17, 15) is 9.59 Å². The Labute approximate surface area is 188 Å². The van der Waals surface area contributed by atoms with Gasteiger partial charge in [-0.25, -0.2) is 0 Å². The lowest BCUT2D eigenvalue weighted by atomic mass is 9.40.